The topological polar surface area (TPSA) is 58.6 Å². The summed E-state index contributed by atoms with van der Waals surface area (Å²) in [6.07, 6.45) is 0.343. The van der Waals surface area contributed by atoms with E-state index in [-0.39, 0.29) is 30.8 Å². The van der Waals surface area contributed by atoms with E-state index in [1.54, 1.807) is 19.2 Å². The van der Waals surface area contributed by atoms with Crippen LogP contribution in [0, 0.1) is 26.6 Å². The molecule has 1 N–H and O–H groups in total. The second-order valence-electron chi connectivity index (χ2n) is 8.46. The van der Waals surface area contributed by atoms with Crippen LogP contribution in [0.1, 0.15) is 27.8 Å². The fourth-order valence-electron chi connectivity index (χ4n) is 3.88. The van der Waals surface area contributed by atoms with E-state index in [9.17, 15) is 14.0 Å². The van der Waals surface area contributed by atoms with Crippen LogP contribution in [0.4, 0.5) is 4.39 Å². The van der Waals surface area contributed by atoms with Crippen LogP contribution in [0.5, 0.6) is 5.75 Å². The Kier molecular flexibility index (Phi) is 8.41. The number of hydrogen-bond acceptors (Lipinski definition) is 3. The zero-order valence-corrected chi connectivity index (χ0v) is 20.1. The van der Waals surface area contributed by atoms with Gasteiger partial charge in [0.05, 0.1) is 0 Å². The van der Waals surface area contributed by atoms with Crippen molar-refractivity contribution in [3.05, 3.63) is 100 Å². The third kappa shape index (κ3) is 6.44. The van der Waals surface area contributed by atoms with Crippen molar-refractivity contribution in [1.29, 1.82) is 0 Å². The van der Waals surface area contributed by atoms with Crippen LogP contribution in [0.3, 0.4) is 0 Å². The standard InChI is InChI=1S/C28H31FN2O3/c1-19-14-20(2)21(3)26(15-19)34-18-27(32)31(17-23-10-12-24(29)13-11-23)25(28(33)30-4)16-22-8-6-5-7-9-22/h5-15,25H,16-18H2,1-4H3,(H,30,33)/t25-/m0/s1. The first kappa shape index (κ1) is 25.0. The van der Waals surface area contributed by atoms with E-state index >= 15 is 0 Å². The molecule has 0 spiro atoms. The minimum absolute atomic E-state index is 0.152. The van der Waals surface area contributed by atoms with Gasteiger partial charge in [-0.15, -0.1) is 0 Å². The first-order valence-corrected chi connectivity index (χ1v) is 11.3. The molecule has 178 valence electrons. The Morgan fingerprint density at radius 1 is 0.971 bits per heavy atom. The lowest BCUT2D eigenvalue weighted by molar-refractivity contribution is -0.142. The van der Waals surface area contributed by atoms with Gasteiger partial charge in [0.15, 0.2) is 6.61 Å². The molecule has 34 heavy (non-hydrogen) atoms. The summed E-state index contributed by atoms with van der Waals surface area (Å²) >= 11 is 0. The molecule has 0 heterocycles. The number of hydrogen-bond donors (Lipinski definition) is 1. The molecule has 0 saturated carbocycles. The van der Waals surface area contributed by atoms with Gasteiger partial charge in [-0.1, -0.05) is 48.5 Å². The van der Waals surface area contributed by atoms with Crippen molar-refractivity contribution in [1.82, 2.24) is 10.2 Å². The Labute approximate surface area is 200 Å². The van der Waals surface area contributed by atoms with Crippen molar-refractivity contribution in [2.45, 2.75) is 39.8 Å². The second kappa shape index (κ2) is 11.5. The largest absolute Gasteiger partial charge is 0.483 e. The van der Waals surface area contributed by atoms with Crippen molar-refractivity contribution < 1.29 is 18.7 Å². The molecule has 3 aromatic carbocycles. The fourth-order valence-corrected chi connectivity index (χ4v) is 3.88. The highest BCUT2D eigenvalue weighted by Crippen LogP contribution is 2.24. The summed E-state index contributed by atoms with van der Waals surface area (Å²) in [7, 11) is 1.55. The number of amides is 2. The smallest absolute Gasteiger partial charge is 0.261 e. The predicted molar refractivity (Wildman–Crippen MR) is 131 cm³/mol. The van der Waals surface area contributed by atoms with E-state index < -0.39 is 6.04 Å². The maximum atomic E-state index is 13.5. The van der Waals surface area contributed by atoms with Crippen molar-refractivity contribution in [2.24, 2.45) is 0 Å². The normalized spacial score (nSPS) is 11.6. The number of benzene rings is 3. The molecule has 0 bridgehead atoms. The van der Waals surface area contributed by atoms with Crippen LogP contribution in [-0.4, -0.2) is 36.4 Å². The molecule has 3 rings (SSSR count). The third-order valence-corrected chi connectivity index (χ3v) is 5.90. The quantitative estimate of drug-likeness (QED) is 0.509. The summed E-state index contributed by atoms with van der Waals surface area (Å²) in [6, 6.07) is 18.7. The van der Waals surface area contributed by atoms with E-state index in [1.165, 1.54) is 17.0 Å². The summed E-state index contributed by atoms with van der Waals surface area (Å²) in [5, 5.41) is 2.68. The van der Waals surface area contributed by atoms with Gasteiger partial charge in [0.25, 0.3) is 5.91 Å². The van der Waals surface area contributed by atoms with E-state index in [4.69, 9.17) is 4.74 Å². The monoisotopic (exact) mass is 462 g/mol. The molecule has 0 radical (unpaired) electrons. The van der Waals surface area contributed by atoms with E-state index in [0.29, 0.717) is 12.2 Å². The van der Waals surface area contributed by atoms with Gasteiger partial charge in [0.2, 0.25) is 5.91 Å². The number of carbonyl (C=O) groups is 2. The SMILES string of the molecule is CNC(=O)[C@H](Cc1ccccc1)N(Cc1ccc(F)cc1)C(=O)COc1cc(C)cc(C)c1C. The third-order valence-electron chi connectivity index (χ3n) is 5.90. The highest BCUT2D eigenvalue weighted by molar-refractivity contribution is 5.88. The zero-order chi connectivity index (χ0) is 24.7. The molecule has 6 heteroatoms. The Hall–Kier alpha value is -3.67. The minimum Gasteiger partial charge on any atom is -0.483 e. The van der Waals surface area contributed by atoms with Crippen molar-refractivity contribution >= 4 is 11.8 Å². The van der Waals surface area contributed by atoms with Gasteiger partial charge in [-0.2, -0.15) is 0 Å². The minimum atomic E-state index is -0.756. The lowest BCUT2D eigenvalue weighted by atomic mass is 10.0. The zero-order valence-electron chi connectivity index (χ0n) is 20.1. The molecule has 0 aliphatic heterocycles. The number of carbonyl (C=O) groups excluding carboxylic acids is 2. The number of halogens is 1. The molecule has 5 nitrogen and oxygen atoms in total. The van der Waals surface area contributed by atoms with Crippen LogP contribution < -0.4 is 10.1 Å². The van der Waals surface area contributed by atoms with Gasteiger partial charge in [-0.25, -0.2) is 4.39 Å². The van der Waals surface area contributed by atoms with Crippen molar-refractivity contribution in [2.75, 3.05) is 13.7 Å². The highest BCUT2D eigenvalue weighted by atomic mass is 19.1. The van der Waals surface area contributed by atoms with Gasteiger partial charge >= 0.3 is 0 Å². The maximum absolute atomic E-state index is 13.5. The molecule has 0 saturated heterocycles. The van der Waals surface area contributed by atoms with Crippen LogP contribution in [0.15, 0.2) is 66.7 Å². The Morgan fingerprint density at radius 3 is 2.29 bits per heavy atom. The average Bonchev–Trinajstić information content (AvgIpc) is 2.83. The number of aryl methyl sites for hydroxylation is 2. The second-order valence-corrected chi connectivity index (χ2v) is 8.46. The molecule has 1 atom stereocenters. The fraction of sp³-hybridized carbons (Fsp3) is 0.286. The molecule has 3 aromatic rings. The Bertz CT molecular complexity index is 1130. The van der Waals surface area contributed by atoms with E-state index in [2.05, 4.69) is 11.4 Å². The highest BCUT2D eigenvalue weighted by Gasteiger charge is 2.30. The number of ether oxygens (including phenoxy) is 1. The summed E-state index contributed by atoms with van der Waals surface area (Å²) < 4.78 is 19.4. The molecular weight excluding hydrogens is 431 g/mol. The molecule has 0 aliphatic rings. The van der Waals surface area contributed by atoms with Crippen LogP contribution in [0.2, 0.25) is 0 Å². The molecule has 0 aromatic heterocycles. The molecule has 0 unspecified atom stereocenters. The van der Waals surface area contributed by atoms with Gasteiger partial charge < -0.3 is 15.0 Å². The van der Waals surface area contributed by atoms with Gasteiger partial charge in [0, 0.05) is 20.0 Å². The lowest BCUT2D eigenvalue weighted by Gasteiger charge is -2.31. The van der Waals surface area contributed by atoms with Crippen molar-refractivity contribution in [3.8, 4) is 5.75 Å². The number of rotatable bonds is 9. The summed E-state index contributed by atoms with van der Waals surface area (Å²) in [4.78, 5) is 27.9. The molecule has 2 amide bonds. The van der Waals surface area contributed by atoms with Crippen LogP contribution in [0.25, 0.3) is 0 Å². The van der Waals surface area contributed by atoms with Crippen LogP contribution in [-0.2, 0) is 22.6 Å². The molecular formula is C28H31FN2O3. The number of nitrogens with zero attached hydrogens (tertiary/aromatic N) is 1. The van der Waals surface area contributed by atoms with Gasteiger partial charge in [-0.05, 0) is 66.8 Å². The van der Waals surface area contributed by atoms with Crippen LogP contribution >= 0.6 is 0 Å². The molecule has 0 fully saturated rings. The predicted octanol–water partition coefficient (Wildman–Crippen LogP) is 4.52. The first-order valence-electron chi connectivity index (χ1n) is 11.3. The lowest BCUT2D eigenvalue weighted by Crippen LogP contribution is -2.51. The Morgan fingerprint density at radius 2 is 1.65 bits per heavy atom. The first-order chi connectivity index (χ1) is 16.3. The average molecular weight is 463 g/mol. The summed E-state index contributed by atoms with van der Waals surface area (Å²) in [5.41, 5.74) is 4.74. The number of likely N-dealkylation sites (N-methyl/N-ethyl adjacent to an activating group) is 1. The van der Waals surface area contributed by atoms with E-state index in [1.807, 2.05) is 57.2 Å². The number of nitrogens with one attached hydrogen (secondary N) is 1. The van der Waals surface area contributed by atoms with Gasteiger partial charge in [0.1, 0.15) is 17.6 Å². The molecule has 0 aliphatic carbocycles. The van der Waals surface area contributed by atoms with Crippen molar-refractivity contribution in [3.63, 3.8) is 0 Å². The van der Waals surface area contributed by atoms with Gasteiger partial charge in [-0.3, -0.25) is 9.59 Å². The maximum Gasteiger partial charge on any atom is 0.261 e. The summed E-state index contributed by atoms with van der Waals surface area (Å²) in [6.45, 7) is 5.86. The van der Waals surface area contributed by atoms with E-state index in [0.717, 1.165) is 27.8 Å². The Balaban J connectivity index is 1.89. The summed E-state index contributed by atoms with van der Waals surface area (Å²) in [5.74, 6) is -0.316.